The summed E-state index contributed by atoms with van der Waals surface area (Å²) in [6.45, 7) is 4.14. The van der Waals surface area contributed by atoms with Crippen molar-refractivity contribution in [2.75, 3.05) is 45.3 Å². The highest BCUT2D eigenvalue weighted by molar-refractivity contribution is 6.30. The molecule has 1 fully saturated rings. The number of nitrogens with zero attached hydrogens (tertiary/aromatic N) is 2. The van der Waals surface area contributed by atoms with E-state index in [9.17, 15) is 9.90 Å². The first kappa shape index (κ1) is 20.6. The number of aliphatic hydroxyl groups is 1. The van der Waals surface area contributed by atoms with E-state index in [1.54, 1.807) is 36.3 Å². The summed E-state index contributed by atoms with van der Waals surface area (Å²) in [5, 5.41) is 17.5. The number of hydrogen-bond acceptors (Lipinski definition) is 6. The number of anilines is 1. The lowest BCUT2D eigenvalue weighted by Gasteiger charge is -2.39. The largest absolute Gasteiger partial charge is 0.396 e. The van der Waals surface area contributed by atoms with Gasteiger partial charge in [-0.25, -0.2) is 0 Å². The summed E-state index contributed by atoms with van der Waals surface area (Å²) < 4.78 is 10.6. The van der Waals surface area contributed by atoms with Crippen molar-refractivity contribution in [3.8, 4) is 11.3 Å². The molecule has 1 aromatic heterocycles. The molecule has 0 bridgehead atoms. The van der Waals surface area contributed by atoms with E-state index in [4.69, 9.17) is 20.9 Å². The van der Waals surface area contributed by atoms with Crippen LogP contribution in [0.2, 0.25) is 5.02 Å². The van der Waals surface area contributed by atoms with E-state index in [-0.39, 0.29) is 17.9 Å². The van der Waals surface area contributed by atoms with E-state index in [1.807, 2.05) is 6.92 Å². The monoisotopic (exact) mass is 407 g/mol. The van der Waals surface area contributed by atoms with Crippen molar-refractivity contribution in [3.63, 3.8) is 0 Å². The van der Waals surface area contributed by atoms with Crippen LogP contribution in [0.3, 0.4) is 0 Å². The Morgan fingerprint density at radius 3 is 2.86 bits per heavy atom. The average molecular weight is 408 g/mol. The summed E-state index contributed by atoms with van der Waals surface area (Å²) in [7, 11) is 1.61. The minimum absolute atomic E-state index is 0.0450. The number of ether oxygens (including phenoxy) is 1. The van der Waals surface area contributed by atoms with Gasteiger partial charge in [0.05, 0.1) is 13.2 Å². The number of amides is 1. The minimum atomic E-state index is -0.296. The highest BCUT2D eigenvalue weighted by Crippen LogP contribution is 2.34. The number of aromatic nitrogens is 1. The van der Waals surface area contributed by atoms with Gasteiger partial charge in [-0.1, -0.05) is 23.7 Å². The molecule has 1 aliphatic rings. The minimum Gasteiger partial charge on any atom is -0.396 e. The molecular weight excluding hydrogens is 382 g/mol. The third-order valence-corrected chi connectivity index (χ3v) is 5.31. The van der Waals surface area contributed by atoms with Crippen LogP contribution in [0.15, 0.2) is 28.8 Å². The number of carbonyl (C=O) groups excluding carboxylic acids is 1. The quantitative estimate of drug-likeness (QED) is 0.685. The fourth-order valence-electron chi connectivity index (χ4n) is 3.46. The van der Waals surface area contributed by atoms with Crippen LogP contribution in [0.25, 0.3) is 11.3 Å². The number of methoxy groups -OCH3 is 1. The molecule has 0 radical (unpaired) electrons. The molecule has 7 nitrogen and oxygen atoms in total. The van der Waals surface area contributed by atoms with Gasteiger partial charge >= 0.3 is 0 Å². The number of aliphatic hydroxyl groups excluding tert-OH is 1. The third-order valence-electron chi connectivity index (χ3n) is 5.06. The predicted molar refractivity (Wildman–Crippen MR) is 108 cm³/mol. The molecule has 1 aromatic carbocycles. The summed E-state index contributed by atoms with van der Waals surface area (Å²) in [4.78, 5) is 15.2. The number of rotatable bonds is 7. The average Bonchev–Trinajstić information content (AvgIpc) is 3.12. The smallest absolute Gasteiger partial charge is 0.261 e. The van der Waals surface area contributed by atoms with Gasteiger partial charge < -0.3 is 24.6 Å². The summed E-state index contributed by atoms with van der Waals surface area (Å²) in [6.07, 6.45) is 1.73. The zero-order valence-electron chi connectivity index (χ0n) is 16.2. The fraction of sp³-hybridized carbons (Fsp3) is 0.500. The first-order chi connectivity index (χ1) is 13.5. The second-order valence-electron chi connectivity index (χ2n) is 7.46. The van der Waals surface area contributed by atoms with Crippen molar-refractivity contribution >= 4 is 23.3 Å². The number of halogens is 1. The fourth-order valence-corrected chi connectivity index (χ4v) is 3.58. The third kappa shape index (κ3) is 4.48. The molecule has 1 atom stereocenters. The Kier molecular flexibility index (Phi) is 6.59. The van der Waals surface area contributed by atoms with Gasteiger partial charge in [-0.2, -0.15) is 0 Å². The standard InChI is InChI=1S/C20H26ClN3O4/c1-20(13-25)8-3-10-24(12-20)19(26)16-17(14-4-6-15(21)7-5-14)28-23-18(16)22-9-11-27-2/h4-7,25H,3,8-13H2,1-2H3,(H,22,23). The van der Waals surface area contributed by atoms with Gasteiger partial charge in [0.2, 0.25) is 0 Å². The maximum Gasteiger partial charge on any atom is 0.261 e. The lowest BCUT2D eigenvalue weighted by molar-refractivity contribution is 0.0358. The first-order valence-electron chi connectivity index (χ1n) is 9.36. The van der Waals surface area contributed by atoms with Crippen molar-refractivity contribution in [3.05, 3.63) is 34.9 Å². The Balaban J connectivity index is 1.94. The van der Waals surface area contributed by atoms with E-state index < -0.39 is 0 Å². The maximum absolute atomic E-state index is 13.4. The Hall–Kier alpha value is -2.09. The van der Waals surface area contributed by atoms with Crippen LogP contribution in [0.1, 0.15) is 30.1 Å². The van der Waals surface area contributed by atoms with E-state index in [1.165, 1.54) is 0 Å². The molecule has 2 N–H and O–H groups in total. The van der Waals surface area contributed by atoms with Crippen LogP contribution >= 0.6 is 11.6 Å². The second kappa shape index (κ2) is 8.94. The van der Waals surface area contributed by atoms with Gasteiger partial charge in [-0.3, -0.25) is 4.79 Å². The molecular formula is C20H26ClN3O4. The summed E-state index contributed by atoms with van der Waals surface area (Å²) in [5.74, 6) is 0.631. The zero-order chi connectivity index (χ0) is 20.1. The number of nitrogens with one attached hydrogen (secondary N) is 1. The second-order valence-corrected chi connectivity index (χ2v) is 7.90. The van der Waals surface area contributed by atoms with E-state index in [0.29, 0.717) is 48.4 Å². The molecule has 28 heavy (non-hydrogen) atoms. The van der Waals surface area contributed by atoms with Gasteiger partial charge in [0.25, 0.3) is 5.91 Å². The molecule has 1 unspecified atom stereocenters. The van der Waals surface area contributed by atoms with Gasteiger partial charge in [-0.05, 0) is 37.1 Å². The Morgan fingerprint density at radius 1 is 1.43 bits per heavy atom. The molecule has 3 rings (SSSR count). The summed E-state index contributed by atoms with van der Waals surface area (Å²) >= 11 is 5.99. The summed E-state index contributed by atoms with van der Waals surface area (Å²) in [5.41, 5.74) is 0.817. The Bertz CT molecular complexity index is 808. The molecule has 1 saturated heterocycles. The molecule has 0 saturated carbocycles. The molecule has 1 amide bonds. The van der Waals surface area contributed by atoms with Crippen molar-refractivity contribution in [2.24, 2.45) is 5.41 Å². The Labute approximate surface area is 169 Å². The maximum atomic E-state index is 13.4. The van der Waals surface area contributed by atoms with E-state index >= 15 is 0 Å². The van der Waals surface area contributed by atoms with Crippen LogP contribution in [-0.2, 0) is 4.74 Å². The van der Waals surface area contributed by atoms with Gasteiger partial charge in [-0.15, -0.1) is 0 Å². The number of piperidine rings is 1. The molecule has 0 spiro atoms. The number of likely N-dealkylation sites (tertiary alicyclic amines) is 1. The molecule has 0 aliphatic carbocycles. The predicted octanol–water partition coefficient (Wildman–Crippen LogP) is 3.29. The highest BCUT2D eigenvalue weighted by atomic mass is 35.5. The summed E-state index contributed by atoms with van der Waals surface area (Å²) in [6, 6.07) is 7.09. The van der Waals surface area contributed by atoms with Crippen molar-refractivity contribution in [2.45, 2.75) is 19.8 Å². The molecule has 1 aliphatic heterocycles. The topological polar surface area (TPSA) is 87.8 Å². The van der Waals surface area contributed by atoms with Gasteiger partial charge in [0.15, 0.2) is 11.6 Å². The molecule has 152 valence electrons. The van der Waals surface area contributed by atoms with Gasteiger partial charge in [0, 0.05) is 42.7 Å². The SMILES string of the molecule is COCCNc1noc(-c2ccc(Cl)cc2)c1C(=O)N1CCCC(C)(CO)C1. The van der Waals surface area contributed by atoms with E-state index in [2.05, 4.69) is 10.5 Å². The van der Waals surface area contributed by atoms with Crippen LogP contribution in [-0.4, -0.2) is 61.0 Å². The van der Waals surface area contributed by atoms with Gasteiger partial charge in [0.1, 0.15) is 5.56 Å². The number of hydrogen-bond donors (Lipinski definition) is 2. The van der Waals surface area contributed by atoms with Crippen molar-refractivity contribution < 1.29 is 19.2 Å². The number of benzene rings is 1. The first-order valence-corrected chi connectivity index (χ1v) is 9.74. The highest BCUT2D eigenvalue weighted by Gasteiger charge is 2.36. The Morgan fingerprint density at radius 2 is 2.18 bits per heavy atom. The van der Waals surface area contributed by atoms with Crippen LogP contribution in [0.5, 0.6) is 0 Å². The zero-order valence-corrected chi connectivity index (χ0v) is 17.0. The van der Waals surface area contributed by atoms with Crippen LogP contribution < -0.4 is 5.32 Å². The molecule has 8 heteroatoms. The number of carbonyl (C=O) groups is 1. The van der Waals surface area contributed by atoms with Crippen molar-refractivity contribution in [1.29, 1.82) is 0 Å². The lowest BCUT2D eigenvalue weighted by atomic mass is 9.82. The molecule has 2 aromatic rings. The van der Waals surface area contributed by atoms with Crippen LogP contribution in [0.4, 0.5) is 5.82 Å². The molecule has 2 heterocycles. The lowest BCUT2D eigenvalue weighted by Crippen LogP contribution is -2.46. The normalized spacial score (nSPS) is 19.6. The van der Waals surface area contributed by atoms with Crippen LogP contribution in [0, 0.1) is 5.41 Å². The van der Waals surface area contributed by atoms with E-state index in [0.717, 1.165) is 18.4 Å². The van der Waals surface area contributed by atoms with Crippen molar-refractivity contribution in [1.82, 2.24) is 10.1 Å².